The molecule has 1 aliphatic rings. The summed E-state index contributed by atoms with van der Waals surface area (Å²) in [5.74, 6) is -0.163. The molecule has 1 aromatic heterocycles. The summed E-state index contributed by atoms with van der Waals surface area (Å²) < 4.78 is 1.20. The Morgan fingerprint density at radius 2 is 2.14 bits per heavy atom. The molecule has 6 nitrogen and oxygen atoms in total. The zero-order valence-electron chi connectivity index (χ0n) is 12.3. The standard InChI is InChI=1S/C16H19N3O3/c20-11-13-6-3-4-8-18(13)15(21)10-19-16(22)14-7-2-1-5-12(14)9-17-19/h1-2,5,7,9,13,20H,3-4,6,8,10-11H2. The molecule has 6 heteroatoms. The minimum atomic E-state index is -0.260. The molecule has 2 aromatic rings. The van der Waals surface area contributed by atoms with Crippen molar-refractivity contribution in [3.05, 3.63) is 40.8 Å². The first-order chi connectivity index (χ1) is 10.7. The van der Waals surface area contributed by atoms with Crippen LogP contribution in [0.1, 0.15) is 19.3 Å². The third-order valence-electron chi connectivity index (χ3n) is 4.21. The normalized spacial score (nSPS) is 18.6. The largest absolute Gasteiger partial charge is 0.394 e. The van der Waals surface area contributed by atoms with Gasteiger partial charge in [0.1, 0.15) is 6.54 Å². The maximum Gasteiger partial charge on any atom is 0.275 e. The lowest BCUT2D eigenvalue weighted by Gasteiger charge is -2.34. The summed E-state index contributed by atoms with van der Waals surface area (Å²) in [6.07, 6.45) is 4.36. The maximum absolute atomic E-state index is 12.4. The van der Waals surface area contributed by atoms with E-state index in [-0.39, 0.29) is 30.7 Å². The Kier molecular flexibility index (Phi) is 4.20. The number of aliphatic hydroxyl groups is 1. The van der Waals surface area contributed by atoms with Crippen molar-refractivity contribution in [1.82, 2.24) is 14.7 Å². The van der Waals surface area contributed by atoms with Crippen molar-refractivity contribution in [2.24, 2.45) is 0 Å². The van der Waals surface area contributed by atoms with E-state index in [1.54, 1.807) is 23.2 Å². The summed E-state index contributed by atoms with van der Waals surface area (Å²) in [7, 11) is 0. The zero-order chi connectivity index (χ0) is 15.5. The fourth-order valence-corrected chi connectivity index (χ4v) is 2.98. The number of aromatic nitrogens is 2. The van der Waals surface area contributed by atoms with Crippen molar-refractivity contribution in [3.63, 3.8) is 0 Å². The number of hydrogen-bond donors (Lipinski definition) is 1. The highest BCUT2D eigenvalue weighted by Crippen LogP contribution is 2.17. The van der Waals surface area contributed by atoms with Crippen LogP contribution in [0.25, 0.3) is 10.8 Å². The van der Waals surface area contributed by atoms with Gasteiger partial charge in [-0.1, -0.05) is 18.2 Å². The number of hydrogen-bond acceptors (Lipinski definition) is 4. The second kappa shape index (κ2) is 6.27. The van der Waals surface area contributed by atoms with E-state index in [0.29, 0.717) is 11.9 Å². The first-order valence-electron chi connectivity index (χ1n) is 7.56. The van der Waals surface area contributed by atoms with Crippen LogP contribution >= 0.6 is 0 Å². The summed E-state index contributed by atoms with van der Waals surface area (Å²) >= 11 is 0. The molecule has 1 amide bonds. The van der Waals surface area contributed by atoms with Gasteiger partial charge in [0.25, 0.3) is 5.56 Å². The van der Waals surface area contributed by atoms with Gasteiger partial charge >= 0.3 is 0 Å². The first kappa shape index (κ1) is 14.7. The van der Waals surface area contributed by atoms with Gasteiger partial charge in [-0.15, -0.1) is 0 Å². The van der Waals surface area contributed by atoms with E-state index >= 15 is 0 Å². The molecule has 1 fully saturated rings. The van der Waals surface area contributed by atoms with Crippen LogP contribution in [-0.4, -0.2) is 44.9 Å². The SMILES string of the molecule is O=C(Cn1ncc2ccccc2c1=O)N1CCCCC1CO. The Bertz CT molecular complexity index is 741. The summed E-state index contributed by atoms with van der Waals surface area (Å²) in [5, 5.41) is 14.8. The van der Waals surface area contributed by atoms with Gasteiger partial charge in [0.2, 0.25) is 5.91 Å². The molecule has 2 heterocycles. The van der Waals surface area contributed by atoms with Gasteiger partial charge in [-0.25, -0.2) is 4.68 Å². The molecule has 0 bridgehead atoms. The van der Waals surface area contributed by atoms with E-state index in [9.17, 15) is 14.7 Å². The number of aliphatic hydroxyl groups excluding tert-OH is 1. The van der Waals surface area contributed by atoms with E-state index in [1.807, 2.05) is 12.1 Å². The molecule has 22 heavy (non-hydrogen) atoms. The minimum Gasteiger partial charge on any atom is -0.394 e. The first-order valence-corrected chi connectivity index (χ1v) is 7.56. The van der Waals surface area contributed by atoms with E-state index in [4.69, 9.17) is 0 Å². The Balaban J connectivity index is 1.85. The Morgan fingerprint density at radius 3 is 2.95 bits per heavy atom. The van der Waals surface area contributed by atoms with E-state index in [1.165, 1.54) is 4.68 Å². The van der Waals surface area contributed by atoms with Crippen LogP contribution in [0.5, 0.6) is 0 Å². The van der Waals surface area contributed by atoms with Crippen molar-refractivity contribution >= 4 is 16.7 Å². The van der Waals surface area contributed by atoms with E-state index in [2.05, 4.69) is 5.10 Å². The van der Waals surface area contributed by atoms with Gasteiger partial charge in [-0.05, 0) is 25.3 Å². The lowest BCUT2D eigenvalue weighted by Crippen LogP contribution is -2.47. The maximum atomic E-state index is 12.4. The minimum absolute atomic E-state index is 0.0359. The number of piperidine rings is 1. The third kappa shape index (κ3) is 2.74. The molecule has 1 atom stereocenters. The number of benzene rings is 1. The second-order valence-corrected chi connectivity index (χ2v) is 5.61. The van der Waals surface area contributed by atoms with Crippen molar-refractivity contribution in [2.75, 3.05) is 13.2 Å². The molecule has 0 aliphatic carbocycles. The smallest absolute Gasteiger partial charge is 0.275 e. The summed E-state index contributed by atoms with van der Waals surface area (Å²) in [6.45, 7) is 0.512. The zero-order valence-corrected chi connectivity index (χ0v) is 12.3. The van der Waals surface area contributed by atoms with Gasteiger partial charge in [0, 0.05) is 11.9 Å². The average Bonchev–Trinajstić information content (AvgIpc) is 2.57. The van der Waals surface area contributed by atoms with Crippen molar-refractivity contribution in [2.45, 2.75) is 31.8 Å². The van der Waals surface area contributed by atoms with Crippen molar-refractivity contribution in [3.8, 4) is 0 Å². The molecular weight excluding hydrogens is 282 g/mol. The molecule has 0 saturated carbocycles. The Morgan fingerprint density at radius 1 is 1.32 bits per heavy atom. The van der Waals surface area contributed by atoms with E-state index in [0.717, 1.165) is 24.6 Å². The molecule has 0 radical (unpaired) electrons. The van der Waals surface area contributed by atoms with E-state index < -0.39 is 0 Å². The number of likely N-dealkylation sites (tertiary alicyclic amines) is 1. The lowest BCUT2D eigenvalue weighted by atomic mass is 10.0. The van der Waals surface area contributed by atoms with Crippen LogP contribution in [0, 0.1) is 0 Å². The average molecular weight is 301 g/mol. The van der Waals surface area contributed by atoms with Crippen LogP contribution in [-0.2, 0) is 11.3 Å². The van der Waals surface area contributed by atoms with Crippen LogP contribution in [0.3, 0.4) is 0 Å². The highest BCUT2D eigenvalue weighted by molar-refractivity contribution is 5.81. The fourth-order valence-electron chi connectivity index (χ4n) is 2.98. The quantitative estimate of drug-likeness (QED) is 0.908. The molecule has 3 rings (SSSR count). The number of carbonyl (C=O) groups is 1. The van der Waals surface area contributed by atoms with Crippen LogP contribution in [0.15, 0.2) is 35.3 Å². The van der Waals surface area contributed by atoms with Crippen molar-refractivity contribution < 1.29 is 9.90 Å². The Hall–Kier alpha value is -2.21. The van der Waals surface area contributed by atoms with Gasteiger partial charge in [-0.3, -0.25) is 9.59 Å². The highest BCUT2D eigenvalue weighted by Gasteiger charge is 2.26. The van der Waals surface area contributed by atoms with Crippen LogP contribution in [0.4, 0.5) is 0 Å². The number of rotatable bonds is 3. The number of nitrogens with zero attached hydrogens (tertiary/aromatic N) is 3. The molecule has 116 valence electrons. The lowest BCUT2D eigenvalue weighted by molar-refractivity contribution is -0.136. The molecule has 0 spiro atoms. The van der Waals surface area contributed by atoms with Crippen LogP contribution < -0.4 is 5.56 Å². The van der Waals surface area contributed by atoms with Gasteiger partial charge in [-0.2, -0.15) is 5.10 Å². The third-order valence-corrected chi connectivity index (χ3v) is 4.21. The topological polar surface area (TPSA) is 75.4 Å². The van der Waals surface area contributed by atoms with Gasteiger partial charge in [0.15, 0.2) is 0 Å². The van der Waals surface area contributed by atoms with Gasteiger partial charge in [0.05, 0.1) is 24.2 Å². The molecule has 1 aliphatic heterocycles. The van der Waals surface area contributed by atoms with Crippen molar-refractivity contribution in [1.29, 1.82) is 0 Å². The molecule has 1 N–H and O–H groups in total. The number of amides is 1. The fraction of sp³-hybridized carbons (Fsp3) is 0.438. The Labute approximate surface area is 128 Å². The monoisotopic (exact) mass is 301 g/mol. The predicted molar refractivity (Wildman–Crippen MR) is 82.4 cm³/mol. The molecule has 1 unspecified atom stereocenters. The summed E-state index contributed by atoms with van der Waals surface area (Å²) in [5.41, 5.74) is -0.260. The second-order valence-electron chi connectivity index (χ2n) is 5.61. The van der Waals surface area contributed by atoms with Gasteiger partial charge < -0.3 is 10.0 Å². The molecule has 1 aromatic carbocycles. The predicted octanol–water partition coefficient (Wildman–Crippen LogP) is 0.770. The molecule has 1 saturated heterocycles. The number of fused-ring (bicyclic) bond motifs is 1. The molecular formula is C16H19N3O3. The summed E-state index contributed by atoms with van der Waals surface area (Å²) in [6, 6.07) is 7.05. The van der Waals surface area contributed by atoms with Crippen LogP contribution in [0.2, 0.25) is 0 Å². The highest BCUT2D eigenvalue weighted by atomic mass is 16.3. The summed E-state index contributed by atoms with van der Waals surface area (Å²) in [4.78, 5) is 26.5. The number of carbonyl (C=O) groups excluding carboxylic acids is 1.